The maximum Gasteiger partial charge on any atom is 0.225 e. The number of benzene rings is 3. The molecule has 0 heterocycles. The largest absolute Gasteiger partial charge is 0.465 e. The van der Waals surface area contributed by atoms with E-state index in [0.717, 1.165) is 22.6 Å². The van der Waals surface area contributed by atoms with Crippen LogP contribution in [0, 0.1) is 19.7 Å². The molecule has 0 unspecified atom stereocenters. The minimum absolute atomic E-state index is 0.320. The van der Waals surface area contributed by atoms with E-state index in [0.29, 0.717) is 17.2 Å². The van der Waals surface area contributed by atoms with Crippen LogP contribution in [0.25, 0.3) is 0 Å². The zero-order valence-corrected chi connectivity index (χ0v) is 16.1. The van der Waals surface area contributed by atoms with Crippen LogP contribution in [0.1, 0.15) is 18.1 Å². The highest BCUT2D eigenvalue weighted by atomic mass is 19.1. The molecule has 3 aromatic rings. The molecule has 0 aliphatic heterocycles. The molecule has 0 aliphatic carbocycles. The van der Waals surface area contributed by atoms with Crippen LogP contribution in [0.3, 0.4) is 0 Å². The van der Waals surface area contributed by atoms with Crippen LogP contribution in [0.15, 0.2) is 89.6 Å². The van der Waals surface area contributed by atoms with Crippen molar-refractivity contribution < 1.29 is 13.9 Å². The average Bonchev–Trinajstić information content (AvgIpc) is 2.70. The second-order valence-electron chi connectivity index (χ2n) is 6.54. The van der Waals surface area contributed by atoms with Crippen LogP contribution < -0.4 is 9.47 Å². The van der Waals surface area contributed by atoms with Gasteiger partial charge in [-0.05, 0) is 69.3 Å². The smallest absolute Gasteiger partial charge is 0.225 e. The number of nitrogens with zero attached hydrogens (tertiary/aromatic N) is 1. The molecule has 0 amide bonds. The van der Waals surface area contributed by atoms with Crippen LogP contribution in [0.5, 0.6) is 11.5 Å². The fourth-order valence-corrected chi connectivity index (χ4v) is 2.37. The number of rotatable bonds is 5. The fraction of sp³-hybridized carbons (Fsp3) is 0.125. The van der Waals surface area contributed by atoms with E-state index >= 15 is 0 Å². The van der Waals surface area contributed by atoms with E-state index in [1.807, 2.05) is 69.3 Å². The molecule has 0 aliphatic rings. The Bertz CT molecular complexity index is 973. The van der Waals surface area contributed by atoms with Crippen LogP contribution in [0.4, 0.5) is 10.1 Å². The molecular weight excluding hydrogens is 353 g/mol. The molecule has 4 heteroatoms. The molecule has 0 saturated heterocycles. The highest BCUT2D eigenvalue weighted by Gasteiger charge is 2.08. The van der Waals surface area contributed by atoms with Crippen LogP contribution >= 0.6 is 0 Å². The molecule has 0 fully saturated rings. The summed E-state index contributed by atoms with van der Waals surface area (Å²) in [4.78, 5) is 4.60. The third-order valence-corrected chi connectivity index (χ3v) is 4.02. The van der Waals surface area contributed by atoms with E-state index in [2.05, 4.69) is 4.99 Å². The van der Waals surface area contributed by atoms with Gasteiger partial charge in [-0.25, -0.2) is 9.38 Å². The lowest BCUT2D eigenvalue weighted by Crippen LogP contribution is -2.11. The number of hydrogen-bond donors (Lipinski definition) is 0. The second-order valence-corrected chi connectivity index (χ2v) is 6.54. The van der Waals surface area contributed by atoms with E-state index in [-0.39, 0.29) is 5.82 Å². The molecule has 0 aromatic heterocycles. The van der Waals surface area contributed by atoms with Crippen LogP contribution in [-0.2, 0) is 0 Å². The molecule has 0 N–H and O–H groups in total. The Balaban J connectivity index is 1.87. The van der Waals surface area contributed by atoms with E-state index in [9.17, 15) is 4.39 Å². The van der Waals surface area contributed by atoms with Crippen molar-refractivity contribution in [1.82, 2.24) is 0 Å². The van der Waals surface area contributed by atoms with Gasteiger partial charge in [-0.15, -0.1) is 0 Å². The van der Waals surface area contributed by atoms with Gasteiger partial charge in [0, 0.05) is 5.57 Å². The third kappa shape index (κ3) is 5.55. The molecule has 3 aromatic carbocycles. The molecule has 0 saturated carbocycles. The lowest BCUT2D eigenvalue weighted by Gasteiger charge is -2.10. The molecule has 0 atom stereocenters. The second kappa shape index (κ2) is 9.00. The standard InChI is InChI=1S/C24H22FNO2/c1-17-4-10-21(11-5-17)26-24(28-23-14-8-20(25)9-15-23)19(3)16-27-22-12-6-18(2)7-13-22/h4-16H,1-3H3/b19-16+,26-24-. The first kappa shape index (κ1) is 19.4. The molecule has 3 rings (SSSR count). The van der Waals surface area contributed by atoms with Gasteiger partial charge >= 0.3 is 0 Å². The SMILES string of the molecule is CC(=C\Oc1ccc(C)cc1)/C(=N/c1ccc(C)cc1)Oc1ccc(F)cc1. The van der Waals surface area contributed by atoms with Crippen molar-refractivity contribution in [2.75, 3.05) is 0 Å². The molecule has 0 spiro atoms. The number of halogens is 1. The Kier molecular flexibility index (Phi) is 6.22. The van der Waals surface area contributed by atoms with Gasteiger partial charge in [0.2, 0.25) is 5.90 Å². The molecule has 28 heavy (non-hydrogen) atoms. The van der Waals surface area contributed by atoms with Gasteiger partial charge < -0.3 is 9.47 Å². The van der Waals surface area contributed by atoms with Crippen molar-refractivity contribution in [3.8, 4) is 11.5 Å². The Labute approximate surface area is 164 Å². The van der Waals surface area contributed by atoms with Gasteiger partial charge in [0.15, 0.2) is 0 Å². The number of aryl methyl sites for hydroxylation is 2. The summed E-state index contributed by atoms with van der Waals surface area (Å²) >= 11 is 0. The summed E-state index contributed by atoms with van der Waals surface area (Å²) < 4.78 is 24.8. The van der Waals surface area contributed by atoms with Crippen molar-refractivity contribution in [2.45, 2.75) is 20.8 Å². The van der Waals surface area contributed by atoms with E-state index in [1.54, 1.807) is 18.4 Å². The Morgan fingerprint density at radius 1 is 0.786 bits per heavy atom. The first-order valence-corrected chi connectivity index (χ1v) is 8.99. The Morgan fingerprint density at radius 2 is 1.32 bits per heavy atom. The minimum Gasteiger partial charge on any atom is -0.465 e. The van der Waals surface area contributed by atoms with Crippen LogP contribution in [-0.4, -0.2) is 5.90 Å². The number of aliphatic imine (C=N–C) groups is 1. The molecular formula is C24H22FNO2. The van der Waals surface area contributed by atoms with Crippen molar-refractivity contribution in [2.24, 2.45) is 4.99 Å². The Morgan fingerprint density at radius 3 is 1.93 bits per heavy atom. The van der Waals surface area contributed by atoms with Crippen molar-refractivity contribution in [3.63, 3.8) is 0 Å². The molecule has 0 bridgehead atoms. The third-order valence-electron chi connectivity index (χ3n) is 4.02. The number of hydrogen-bond acceptors (Lipinski definition) is 3. The van der Waals surface area contributed by atoms with Crippen molar-refractivity contribution in [1.29, 1.82) is 0 Å². The maximum atomic E-state index is 13.2. The monoisotopic (exact) mass is 375 g/mol. The average molecular weight is 375 g/mol. The predicted molar refractivity (Wildman–Crippen MR) is 111 cm³/mol. The van der Waals surface area contributed by atoms with Gasteiger partial charge in [0.05, 0.1) is 11.9 Å². The van der Waals surface area contributed by atoms with E-state index < -0.39 is 0 Å². The summed E-state index contributed by atoms with van der Waals surface area (Å²) in [5.41, 5.74) is 3.76. The molecule has 0 radical (unpaired) electrons. The summed E-state index contributed by atoms with van der Waals surface area (Å²) in [6, 6.07) is 21.4. The zero-order valence-electron chi connectivity index (χ0n) is 16.1. The predicted octanol–water partition coefficient (Wildman–Crippen LogP) is 6.53. The van der Waals surface area contributed by atoms with Gasteiger partial charge in [0.1, 0.15) is 17.3 Å². The lowest BCUT2D eigenvalue weighted by molar-refractivity contribution is 0.473. The summed E-state index contributed by atoms with van der Waals surface area (Å²) in [6.45, 7) is 5.89. The highest BCUT2D eigenvalue weighted by molar-refractivity contribution is 5.96. The first-order chi connectivity index (χ1) is 13.5. The van der Waals surface area contributed by atoms with E-state index in [1.165, 1.54) is 12.1 Å². The topological polar surface area (TPSA) is 30.8 Å². The first-order valence-electron chi connectivity index (χ1n) is 8.99. The maximum absolute atomic E-state index is 13.2. The molecule has 3 nitrogen and oxygen atoms in total. The van der Waals surface area contributed by atoms with Gasteiger partial charge in [-0.2, -0.15) is 0 Å². The summed E-state index contributed by atoms with van der Waals surface area (Å²) in [5.74, 6) is 1.28. The normalized spacial score (nSPS) is 12.0. The zero-order chi connectivity index (χ0) is 19.9. The molecule has 142 valence electrons. The quantitative estimate of drug-likeness (QED) is 0.288. The van der Waals surface area contributed by atoms with Gasteiger partial charge in [-0.1, -0.05) is 35.4 Å². The lowest BCUT2D eigenvalue weighted by atomic mass is 10.2. The van der Waals surface area contributed by atoms with E-state index in [4.69, 9.17) is 9.47 Å². The summed E-state index contributed by atoms with van der Waals surface area (Å²) in [6.07, 6.45) is 1.60. The fourth-order valence-electron chi connectivity index (χ4n) is 2.37. The number of ether oxygens (including phenoxy) is 2. The van der Waals surface area contributed by atoms with Gasteiger partial charge in [0.25, 0.3) is 0 Å². The summed E-state index contributed by atoms with van der Waals surface area (Å²) in [5, 5.41) is 0. The van der Waals surface area contributed by atoms with Crippen molar-refractivity contribution in [3.05, 3.63) is 102 Å². The van der Waals surface area contributed by atoms with Crippen molar-refractivity contribution >= 4 is 11.6 Å². The van der Waals surface area contributed by atoms with Gasteiger partial charge in [-0.3, -0.25) is 0 Å². The highest BCUT2D eigenvalue weighted by Crippen LogP contribution is 2.19. The minimum atomic E-state index is -0.320. The summed E-state index contributed by atoms with van der Waals surface area (Å²) in [7, 11) is 0. The van der Waals surface area contributed by atoms with Crippen LogP contribution in [0.2, 0.25) is 0 Å². The Hall–Kier alpha value is -3.40.